The SMILES string of the molecule is COCCCn1nc(I)c2cc(F)ccc21. The Kier molecular flexibility index (Phi) is 3.75. The van der Waals surface area contributed by atoms with Crippen LogP contribution in [0.1, 0.15) is 6.42 Å². The molecule has 0 fully saturated rings. The average molecular weight is 334 g/mol. The first-order chi connectivity index (χ1) is 7.72. The Labute approximate surface area is 107 Å². The van der Waals surface area contributed by atoms with Crippen LogP contribution in [0.2, 0.25) is 0 Å². The van der Waals surface area contributed by atoms with E-state index in [4.69, 9.17) is 4.74 Å². The Hall–Kier alpha value is -0.690. The highest BCUT2D eigenvalue weighted by Gasteiger charge is 2.08. The first-order valence-electron chi connectivity index (χ1n) is 5.03. The molecule has 0 unspecified atom stereocenters. The van der Waals surface area contributed by atoms with Crippen molar-refractivity contribution in [3.05, 3.63) is 27.7 Å². The molecule has 16 heavy (non-hydrogen) atoms. The van der Waals surface area contributed by atoms with Gasteiger partial charge in [-0.05, 0) is 47.2 Å². The van der Waals surface area contributed by atoms with Crippen molar-refractivity contribution >= 4 is 33.5 Å². The summed E-state index contributed by atoms with van der Waals surface area (Å²) in [6.45, 7) is 1.50. The number of methoxy groups -OCH3 is 1. The van der Waals surface area contributed by atoms with E-state index < -0.39 is 0 Å². The number of rotatable bonds is 4. The van der Waals surface area contributed by atoms with Crippen molar-refractivity contribution in [2.24, 2.45) is 0 Å². The van der Waals surface area contributed by atoms with Crippen LogP contribution in [0.25, 0.3) is 10.9 Å². The van der Waals surface area contributed by atoms with E-state index in [-0.39, 0.29) is 5.82 Å². The molecular weight excluding hydrogens is 322 g/mol. The van der Waals surface area contributed by atoms with Crippen LogP contribution in [-0.4, -0.2) is 23.5 Å². The van der Waals surface area contributed by atoms with Gasteiger partial charge in [0.1, 0.15) is 9.52 Å². The van der Waals surface area contributed by atoms with Gasteiger partial charge in [0.25, 0.3) is 0 Å². The van der Waals surface area contributed by atoms with Crippen LogP contribution in [-0.2, 0) is 11.3 Å². The maximum absolute atomic E-state index is 13.1. The van der Waals surface area contributed by atoms with E-state index in [0.29, 0.717) is 6.61 Å². The molecule has 0 radical (unpaired) electrons. The van der Waals surface area contributed by atoms with Crippen LogP contribution < -0.4 is 0 Å². The molecule has 0 amide bonds. The predicted octanol–water partition coefficient (Wildman–Crippen LogP) is 2.82. The van der Waals surface area contributed by atoms with Gasteiger partial charge in [-0.15, -0.1) is 0 Å². The van der Waals surface area contributed by atoms with Crippen LogP contribution in [0.4, 0.5) is 4.39 Å². The van der Waals surface area contributed by atoms with E-state index in [9.17, 15) is 4.39 Å². The summed E-state index contributed by atoms with van der Waals surface area (Å²) in [5.41, 5.74) is 0.974. The second kappa shape index (κ2) is 5.09. The van der Waals surface area contributed by atoms with E-state index in [1.54, 1.807) is 13.2 Å². The van der Waals surface area contributed by atoms with Crippen LogP contribution in [0.3, 0.4) is 0 Å². The largest absolute Gasteiger partial charge is 0.385 e. The van der Waals surface area contributed by atoms with Gasteiger partial charge in [-0.2, -0.15) is 5.10 Å². The topological polar surface area (TPSA) is 27.1 Å². The van der Waals surface area contributed by atoms with Crippen molar-refractivity contribution in [3.63, 3.8) is 0 Å². The maximum Gasteiger partial charge on any atom is 0.131 e. The highest BCUT2D eigenvalue weighted by atomic mass is 127. The fourth-order valence-corrected chi connectivity index (χ4v) is 2.33. The zero-order valence-electron chi connectivity index (χ0n) is 8.91. The van der Waals surface area contributed by atoms with Crippen LogP contribution in [0.5, 0.6) is 0 Å². The third-order valence-corrected chi connectivity index (χ3v) is 3.18. The molecule has 0 aliphatic rings. The Morgan fingerprint density at radius 2 is 2.31 bits per heavy atom. The second-order valence-corrected chi connectivity index (χ2v) is 4.54. The second-order valence-electron chi connectivity index (χ2n) is 3.52. The average Bonchev–Trinajstić information content (AvgIpc) is 2.56. The smallest absolute Gasteiger partial charge is 0.131 e. The van der Waals surface area contributed by atoms with Gasteiger partial charge < -0.3 is 4.74 Å². The van der Waals surface area contributed by atoms with Gasteiger partial charge in [0.05, 0.1) is 5.52 Å². The minimum absolute atomic E-state index is 0.221. The fraction of sp³-hybridized carbons (Fsp3) is 0.364. The van der Waals surface area contributed by atoms with Gasteiger partial charge in [0.2, 0.25) is 0 Å². The van der Waals surface area contributed by atoms with Gasteiger partial charge in [0.15, 0.2) is 0 Å². The maximum atomic E-state index is 13.1. The van der Waals surface area contributed by atoms with E-state index in [1.165, 1.54) is 12.1 Å². The molecule has 5 heteroatoms. The Balaban J connectivity index is 2.32. The van der Waals surface area contributed by atoms with Gasteiger partial charge in [-0.25, -0.2) is 4.39 Å². The molecule has 1 aromatic carbocycles. The number of nitrogens with zero attached hydrogens (tertiary/aromatic N) is 2. The molecule has 86 valence electrons. The lowest BCUT2D eigenvalue weighted by Crippen LogP contribution is -2.03. The highest BCUT2D eigenvalue weighted by molar-refractivity contribution is 14.1. The number of hydrogen-bond acceptors (Lipinski definition) is 2. The fourth-order valence-electron chi connectivity index (χ4n) is 1.64. The first-order valence-corrected chi connectivity index (χ1v) is 6.11. The monoisotopic (exact) mass is 334 g/mol. The van der Waals surface area contributed by atoms with E-state index >= 15 is 0 Å². The molecule has 0 bridgehead atoms. The van der Waals surface area contributed by atoms with Gasteiger partial charge in [-0.3, -0.25) is 4.68 Å². The number of fused-ring (bicyclic) bond motifs is 1. The number of aryl methyl sites for hydroxylation is 1. The predicted molar refractivity (Wildman–Crippen MR) is 68.9 cm³/mol. The standard InChI is InChI=1S/C11H12FIN2O/c1-16-6-2-5-15-10-4-3-8(12)7-9(10)11(13)14-15/h3-4,7H,2,5-6H2,1H3. The summed E-state index contributed by atoms with van der Waals surface area (Å²) < 4.78 is 20.8. The molecule has 3 nitrogen and oxygen atoms in total. The zero-order valence-corrected chi connectivity index (χ0v) is 11.1. The molecule has 0 spiro atoms. The summed E-state index contributed by atoms with van der Waals surface area (Å²) >= 11 is 2.13. The zero-order chi connectivity index (χ0) is 11.5. The third-order valence-electron chi connectivity index (χ3n) is 2.39. The molecule has 0 aliphatic carbocycles. The van der Waals surface area contributed by atoms with Crippen molar-refractivity contribution in [1.82, 2.24) is 9.78 Å². The molecule has 0 N–H and O–H groups in total. The van der Waals surface area contributed by atoms with Crippen molar-refractivity contribution in [2.75, 3.05) is 13.7 Å². The summed E-state index contributed by atoms with van der Waals surface area (Å²) in [7, 11) is 1.68. The number of aromatic nitrogens is 2. The summed E-state index contributed by atoms with van der Waals surface area (Å²) in [5, 5.41) is 5.26. The van der Waals surface area contributed by atoms with Crippen LogP contribution >= 0.6 is 22.6 Å². The van der Waals surface area contributed by atoms with E-state index in [0.717, 1.165) is 27.6 Å². The lowest BCUT2D eigenvalue weighted by Gasteiger charge is -2.02. The highest BCUT2D eigenvalue weighted by Crippen LogP contribution is 2.21. The molecule has 0 saturated heterocycles. The number of hydrogen-bond donors (Lipinski definition) is 0. The van der Waals surface area contributed by atoms with Crippen molar-refractivity contribution < 1.29 is 9.13 Å². The Bertz CT molecular complexity index is 498. The summed E-state index contributed by atoms with van der Waals surface area (Å²) in [5.74, 6) is -0.221. The van der Waals surface area contributed by atoms with Gasteiger partial charge >= 0.3 is 0 Å². The van der Waals surface area contributed by atoms with Crippen LogP contribution in [0, 0.1) is 9.52 Å². The minimum Gasteiger partial charge on any atom is -0.385 e. The summed E-state index contributed by atoms with van der Waals surface area (Å²) in [6, 6.07) is 4.76. The van der Waals surface area contributed by atoms with Crippen molar-refractivity contribution in [2.45, 2.75) is 13.0 Å². The number of halogens is 2. The Morgan fingerprint density at radius 3 is 3.06 bits per heavy atom. The molecule has 1 aromatic heterocycles. The normalized spacial score (nSPS) is 11.2. The summed E-state index contributed by atoms with van der Waals surface area (Å²) in [4.78, 5) is 0. The van der Waals surface area contributed by atoms with Gasteiger partial charge in [-0.1, -0.05) is 0 Å². The molecule has 0 atom stereocenters. The molecule has 2 aromatic rings. The quantitative estimate of drug-likeness (QED) is 0.635. The lowest BCUT2D eigenvalue weighted by atomic mass is 10.2. The van der Waals surface area contributed by atoms with Crippen molar-refractivity contribution in [3.8, 4) is 0 Å². The molecular formula is C11H12FIN2O. The van der Waals surface area contributed by atoms with Gasteiger partial charge in [0, 0.05) is 25.6 Å². The molecule has 0 aliphatic heterocycles. The van der Waals surface area contributed by atoms with Crippen molar-refractivity contribution in [1.29, 1.82) is 0 Å². The third kappa shape index (κ3) is 2.35. The summed E-state index contributed by atoms with van der Waals surface area (Å²) in [6.07, 6.45) is 0.904. The first kappa shape index (κ1) is 11.8. The Morgan fingerprint density at radius 1 is 1.50 bits per heavy atom. The lowest BCUT2D eigenvalue weighted by molar-refractivity contribution is 0.189. The number of ether oxygens (including phenoxy) is 1. The molecule has 2 rings (SSSR count). The van der Waals surface area contributed by atoms with E-state index in [1.807, 2.05) is 4.68 Å². The molecule has 0 saturated carbocycles. The molecule has 1 heterocycles. The van der Waals surface area contributed by atoms with E-state index in [2.05, 4.69) is 27.7 Å². The minimum atomic E-state index is -0.221. The number of benzene rings is 1. The van der Waals surface area contributed by atoms with Crippen LogP contribution in [0.15, 0.2) is 18.2 Å².